The fourth-order valence-corrected chi connectivity index (χ4v) is 1.47. The summed E-state index contributed by atoms with van der Waals surface area (Å²) in [5.41, 5.74) is -2.23. The summed E-state index contributed by atoms with van der Waals surface area (Å²) in [6.45, 7) is 0. The number of rotatable bonds is 3. The molecule has 102 valence electrons. The van der Waals surface area contributed by atoms with E-state index >= 15 is 0 Å². The van der Waals surface area contributed by atoms with Gasteiger partial charge in [-0.05, 0) is 12.1 Å². The van der Waals surface area contributed by atoms with Gasteiger partial charge in [-0.15, -0.1) is 0 Å². The van der Waals surface area contributed by atoms with Crippen LogP contribution in [0.15, 0.2) is 39.9 Å². The first kappa shape index (κ1) is 13.3. The molecular formula is C12H8N2O6. The Morgan fingerprint density at radius 2 is 1.80 bits per heavy atom. The molecule has 8 nitrogen and oxygen atoms in total. The van der Waals surface area contributed by atoms with Crippen LogP contribution in [0.3, 0.4) is 0 Å². The molecule has 0 saturated heterocycles. The molecule has 0 bridgehead atoms. The monoisotopic (exact) mass is 276 g/mol. The minimum Gasteiger partial charge on any atom is -0.478 e. The summed E-state index contributed by atoms with van der Waals surface area (Å²) in [4.78, 5) is 48.8. The standard InChI is InChI=1S/C12H8N2O6/c15-9-5-7(13-12(19)14-9)11(18)20-8-4-2-1-3-6(8)10(16)17/h1-5H,(H,16,17)(H2,13,14,15,19). The lowest BCUT2D eigenvalue weighted by atomic mass is 10.2. The van der Waals surface area contributed by atoms with Crippen molar-refractivity contribution in [3.63, 3.8) is 0 Å². The molecule has 0 radical (unpaired) electrons. The molecule has 1 heterocycles. The number of aromatic amines is 2. The summed E-state index contributed by atoms with van der Waals surface area (Å²) in [7, 11) is 0. The second-order valence-electron chi connectivity index (χ2n) is 3.69. The predicted octanol–water partition coefficient (Wildman–Crippen LogP) is -0.0194. The van der Waals surface area contributed by atoms with E-state index in [9.17, 15) is 19.2 Å². The molecule has 0 aliphatic carbocycles. The van der Waals surface area contributed by atoms with Gasteiger partial charge in [-0.3, -0.25) is 9.78 Å². The van der Waals surface area contributed by atoms with Crippen LogP contribution in [-0.2, 0) is 0 Å². The topological polar surface area (TPSA) is 129 Å². The summed E-state index contributed by atoms with van der Waals surface area (Å²) < 4.78 is 4.86. The van der Waals surface area contributed by atoms with Crippen molar-refractivity contribution in [2.45, 2.75) is 0 Å². The molecule has 0 fully saturated rings. The first-order chi connectivity index (χ1) is 9.47. The Labute approximate surface area is 110 Å². The van der Waals surface area contributed by atoms with Gasteiger partial charge < -0.3 is 14.8 Å². The number of nitrogens with one attached hydrogen (secondary N) is 2. The maximum absolute atomic E-state index is 11.8. The first-order valence-electron chi connectivity index (χ1n) is 5.35. The van der Waals surface area contributed by atoms with Gasteiger partial charge in [0.1, 0.15) is 17.0 Å². The lowest BCUT2D eigenvalue weighted by molar-refractivity contribution is 0.0679. The normalized spacial score (nSPS) is 10.0. The SMILES string of the molecule is O=C(Oc1ccccc1C(=O)O)c1cc(=O)[nH]c(=O)[nH]1. The number of carboxylic acid groups (broad SMARTS) is 1. The zero-order valence-electron chi connectivity index (χ0n) is 9.88. The molecule has 3 N–H and O–H groups in total. The molecule has 0 unspecified atom stereocenters. The average Bonchev–Trinajstić information content (AvgIpc) is 2.37. The van der Waals surface area contributed by atoms with Crippen molar-refractivity contribution in [1.82, 2.24) is 9.97 Å². The smallest absolute Gasteiger partial charge is 0.360 e. The number of esters is 1. The Kier molecular flexibility index (Phi) is 3.47. The summed E-state index contributed by atoms with van der Waals surface area (Å²) in [5.74, 6) is -2.50. The maximum atomic E-state index is 11.8. The van der Waals surface area contributed by atoms with Crippen LogP contribution in [0, 0.1) is 0 Å². The summed E-state index contributed by atoms with van der Waals surface area (Å²) in [6.07, 6.45) is 0. The molecule has 0 spiro atoms. The second kappa shape index (κ2) is 5.22. The number of carboxylic acids is 1. The van der Waals surface area contributed by atoms with E-state index in [4.69, 9.17) is 9.84 Å². The van der Waals surface area contributed by atoms with Gasteiger partial charge in [-0.25, -0.2) is 14.4 Å². The predicted molar refractivity (Wildman–Crippen MR) is 66.0 cm³/mol. The van der Waals surface area contributed by atoms with Crippen LogP contribution in [0.1, 0.15) is 20.8 Å². The van der Waals surface area contributed by atoms with Crippen LogP contribution < -0.4 is 16.0 Å². The molecule has 0 amide bonds. The van der Waals surface area contributed by atoms with Gasteiger partial charge in [0.2, 0.25) is 0 Å². The minimum atomic E-state index is -1.27. The highest BCUT2D eigenvalue weighted by molar-refractivity contribution is 5.94. The molecule has 20 heavy (non-hydrogen) atoms. The largest absolute Gasteiger partial charge is 0.478 e. The second-order valence-corrected chi connectivity index (χ2v) is 3.69. The number of aromatic nitrogens is 2. The number of hydrogen-bond acceptors (Lipinski definition) is 5. The molecule has 0 aliphatic heterocycles. The van der Waals surface area contributed by atoms with Crippen LogP contribution >= 0.6 is 0 Å². The summed E-state index contributed by atoms with van der Waals surface area (Å²) in [6, 6.07) is 6.33. The number of benzene rings is 1. The van der Waals surface area contributed by atoms with E-state index in [1.807, 2.05) is 4.98 Å². The van der Waals surface area contributed by atoms with Gasteiger partial charge in [0, 0.05) is 6.07 Å². The van der Waals surface area contributed by atoms with Crippen molar-refractivity contribution >= 4 is 11.9 Å². The van der Waals surface area contributed by atoms with E-state index in [1.165, 1.54) is 24.3 Å². The quantitative estimate of drug-likeness (QED) is 0.533. The fraction of sp³-hybridized carbons (Fsp3) is 0. The van der Waals surface area contributed by atoms with Crippen molar-refractivity contribution in [3.8, 4) is 5.75 Å². The summed E-state index contributed by atoms with van der Waals surface area (Å²) >= 11 is 0. The van der Waals surface area contributed by atoms with Gasteiger partial charge >= 0.3 is 17.6 Å². The average molecular weight is 276 g/mol. The number of carbonyl (C=O) groups excluding carboxylic acids is 1. The Morgan fingerprint density at radius 1 is 1.10 bits per heavy atom. The fourth-order valence-electron chi connectivity index (χ4n) is 1.47. The van der Waals surface area contributed by atoms with E-state index < -0.39 is 23.2 Å². The first-order valence-corrected chi connectivity index (χ1v) is 5.35. The lowest BCUT2D eigenvalue weighted by Gasteiger charge is -2.06. The summed E-state index contributed by atoms with van der Waals surface area (Å²) in [5, 5.41) is 8.93. The van der Waals surface area contributed by atoms with Gasteiger partial charge in [0.25, 0.3) is 5.56 Å². The Balaban J connectivity index is 2.35. The number of H-pyrrole nitrogens is 2. The van der Waals surface area contributed by atoms with E-state index in [0.717, 1.165) is 6.07 Å². The van der Waals surface area contributed by atoms with Crippen molar-refractivity contribution in [1.29, 1.82) is 0 Å². The third-order valence-corrected chi connectivity index (χ3v) is 2.30. The molecule has 8 heteroatoms. The van der Waals surface area contributed by atoms with E-state index in [1.54, 1.807) is 0 Å². The Bertz CT molecular complexity index is 761. The number of hydrogen-bond donors (Lipinski definition) is 3. The molecule has 2 aromatic rings. The highest BCUT2D eigenvalue weighted by atomic mass is 16.5. The van der Waals surface area contributed by atoms with Gasteiger partial charge in [0.15, 0.2) is 0 Å². The third kappa shape index (κ3) is 2.80. The van der Waals surface area contributed by atoms with E-state index in [0.29, 0.717) is 0 Å². The zero-order valence-corrected chi connectivity index (χ0v) is 9.88. The highest BCUT2D eigenvalue weighted by Gasteiger charge is 2.16. The van der Waals surface area contributed by atoms with Crippen LogP contribution in [-0.4, -0.2) is 27.0 Å². The lowest BCUT2D eigenvalue weighted by Crippen LogP contribution is -2.26. The molecule has 1 aromatic carbocycles. The van der Waals surface area contributed by atoms with Crippen molar-refractivity contribution in [2.24, 2.45) is 0 Å². The number of aromatic carboxylic acids is 1. The van der Waals surface area contributed by atoms with Crippen LogP contribution in [0.5, 0.6) is 5.75 Å². The number of carbonyl (C=O) groups is 2. The van der Waals surface area contributed by atoms with Gasteiger partial charge in [-0.2, -0.15) is 0 Å². The van der Waals surface area contributed by atoms with Crippen molar-refractivity contribution in [3.05, 3.63) is 62.4 Å². The zero-order chi connectivity index (χ0) is 14.7. The third-order valence-electron chi connectivity index (χ3n) is 2.30. The molecule has 0 atom stereocenters. The molecule has 2 rings (SSSR count). The number of para-hydroxylation sites is 1. The van der Waals surface area contributed by atoms with Crippen molar-refractivity contribution < 1.29 is 19.4 Å². The van der Waals surface area contributed by atoms with Crippen LogP contribution in [0.25, 0.3) is 0 Å². The number of ether oxygens (including phenoxy) is 1. The molecule has 0 aliphatic rings. The Hall–Kier alpha value is -3.16. The van der Waals surface area contributed by atoms with Crippen LogP contribution in [0.4, 0.5) is 0 Å². The van der Waals surface area contributed by atoms with Crippen molar-refractivity contribution in [2.75, 3.05) is 0 Å². The molecule has 0 saturated carbocycles. The van der Waals surface area contributed by atoms with E-state index in [2.05, 4.69) is 4.98 Å². The maximum Gasteiger partial charge on any atom is 0.360 e. The minimum absolute atomic E-state index is 0.189. The Morgan fingerprint density at radius 3 is 2.45 bits per heavy atom. The van der Waals surface area contributed by atoms with Crippen LogP contribution in [0.2, 0.25) is 0 Å². The highest BCUT2D eigenvalue weighted by Crippen LogP contribution is 2.18. The van der Waals surface area contributed by atoms with Gasteiger partial charge in [0.05, 0.1) is 0 Å². The van der Waals surface area contributed by atoms with Gasteiger partial charge in [-0.1, -0.05) is 12.1 Å². The van der Waals surface area contributed by atoms with E-state index in [-0.39, 0.29) is 17.0 Å². The molecular weight excluding hydrogens is 268 g/mol. The molecule has 1 aromatic heterocycles.